The van der Waals surface area contributed by atoms with Crippen LogP contribution in [0.1, 0.15) is 94.8 Å². The number of aromatic amines is 2. The molecule has 2 aromatic heterocycles. The molecule has 0 aliphatic heterocycles. The largest absolute Gasteiger partial charge is 0.366 e. The Morgan fingerprint density at radius 2 is 1.02 bits per heavy atom. The molecule has 48 heavy (non-hydrogen) atoms. The maximum Gasteiger partial charge on any atom is 0.249 e. The number of aromatic nitrogens is 4. The van der Waals surface area contributed by atoms with Crippen LogP contribution in [-0.2, 0) is 0 Å². The minimum atomic E-state index is -0.650. The van der Waals surface area contributed by atoms with Crippen LogP contribution in [0.15, 0.2) is 61.4 Å². The molecule has 0 aliphatic rings. The Bertz CT molecular complexity index is 1570. The van der Waals surface area contributed by atoms with Crippen LogP contribution in [0.4, 0.5) is 0 Å². The van der Waals surface area contributed by atoms with Gasteiger partial charge in [-0.15, -0.1) is 0 Å². The van der Waals surface area contributed by atoms with Gasteiger partial charge in [0, 0.05) is 33.4 Å². The lowest BCUT2D eigenvalue weighted by Gasteiger charge is -2.23. The molecule has 0 fully saturated rings. The molecule has 0 aliphatic carbocycles. The van der Waals surface area contributed by atoms with Gasteiger partial charge in [-0.3, -0.25) is 19.2 Å². The molecule has 0 bridgehead atoms. The smallest absolute Gasteiger partial charge is 0.249 e. The van der Waals surface area contributed by atoms with Gasteiger partial charge in [0.05, 0.1) is 48.5 Å². The number of H-pyrrole nitrogens is 2. The summed E-state index contributed by atoms with van der Waals surface area (Å²) >= 11 is 0. The van der Waals surface area contributed by atoms with Crippen LogP contribution in [0.3, 0.4) is 0 Å². The number of benzene rings is 2. The van der Waals surface area contributed by atoms with Crippen molar-refractivity contribution in [2.45, 2.75) is 65.5 Å². The van der Waals surface area contributed by atoms with E-state index >= 15 is 0 Å². The molecule has 2 amide bonds. The highest BCUT2D eigenvalue weighted by Crippen LogP contribution is 2.25. The predicted molar refractivity (Wildman–Crippen MR) is 185 cm³/mol. The van der Waals surface area contributed by atoms with Gasteiger partial charge in [0.25, 0.3) is 0 Å². The first-order chi connectivity index (χ1) is 23.0. The molecule has 2 aromatic carbocycles. The maximum absolute atomic E-state index is 13.7. The number of carbonyl (C=O) groups is 4. The first kappa shape index (κ1) is 35.9. The van der Waals surface area contributed by atoms with E-state index in [1.54, 1.807) is 61.4 Å². The molecule has 0 radical (unpaired) electrons. The Morgan fingerprint density at radius 3 is 1.33 bits per heavy atom. The van der Waals surface area contributed by atoms with Crippen molar-refractivity contribution in [2.75, 3.05) is 13.1 Å². The first-order valence-corrected chi connectivity index (χ1v) is 16.4. The highest BCUT2D eigenvalue weighted by Gasteiger charge is 2.28. The quantitative estimate of drug-likeness (QED) is 0.0625. The van der Waals surface area contributed by atoms with Crippen molar-refractivity contribution in [3.8, 4) is 22.5 Å². The minimum absolute atomic E-state index is 0.0148. The number of ketones is 2. The number of nitrogens with two attached hydrogens (primary N) is 2. The van der Waals surface area contributed by atoms with Crippen molar-refractivity contribution in [3.05, 3.63) is 83.7 Å². The Balaban J connectivity index is 1.29. The van der Waals surface area contributed by atoms with E-state index in [9.17, 15) is 19.2 Å². The van der Waals surface area contributed by atoms with E-state index in [4.69, 9.17) is 11.5 Å². The summed E-state index contributed by atoms with van der Waals surface area (Å²) in [5, 5.41) is 6.80. The zero-order chi connectivity index (χ0) is 34.8. The summed E-state index contributed by atoms with van der Waals surface area (Å²) in [5.41, 5.74) is 15.2. The van der Waals surface area contributed by atoms with E-state index in [-0.39, 0.29) is 45.7 Å². The standard InChI is InChI=1S/C36H46N8O4/c1-21(2)31(33(45)27-15-23(29-17-39-19-43-29)9-11-25(27)35(37)47)41-13-7-5-6-8-14-42-32(22(3)4)34(46)28-16-24(30-18-40-20-44-30)10-12-26(28)36(38)48/h9-12,15-22,31-32,41-42H,5-8,13-14H2,1-4H3,(H2,37,47)(H2,38,48)(H,39,43)(H,40,44). The van der Waals surface area contributed by atoms with Crippen LogP contribution < -0.4 is 22.1 Å². The van der Waals surface area contributed by atoms with Crippen molar-refractivity contribution in [1.29, 1.82) is 0 Å². The van der Waals surface area contributed by atoms with Gasteiger partial charge in [-0.2, -0.15) is 0 Å². The summed E-state index contributed by atoms with van der Waals surface area (Å²) in [6.45, 7) is 9.13. The summed E-state index contributed by atoms with van der Waals surface area (Å²) in [7, 11) is 0. The fourth-order valence-corrected chi connectivity index (χ4v) is 5.80. The lowest BCUT2D eigenvalue weighted by molar-refractivity contribution is 0.0901. The van der Waals surface area contributed by atoms with Crippen molar-refractivity contribution in [3.63, 3.8) is 0 Å². The SMILES string of the molecule is CC(C)C(NCCCCCCNC(C(=O)c1cc(-c2cnc[nH]2)ccc1C(N)=O)C(C)C)C(=O)c1cc(-c2cnc[nH]2)ccc1C(N)=O. The molecular formula is C36H46N8O4. The van der Waals surface area contributed by atoms with Crippen LogP contribution >= 0.6 is 0 Å². The zero-order valence-electron chi connectivity index (χ0n) is 28.0. The van der Waals surface area contributed by atoms with E-state index in [0.29, 0.717) is 13.1 Å². The monoisotopic (exact) mass is 654 g/mol. The number of amides is 2. The highest BCUT2D eigenvalue weighted by atomic mass is 16.2. The second-order valence-electron chi connectivity index (χ2n) is 12.7. The van der Waals surface area contributed by atoms with Crippen molar-refractivity contribution >= 4 is 23.4 Å². The average Bonchev–Trinajstić information content (AvgIpc) is 3.80. The topological polar surface area (TPSA) is 202 Å². The molecule has 8 N–H and O–H groups in total. The fourth-order valence-electron chi connectivity index (χ4n) is 5.80. The molecule has 2 heterocycles. The lowest BCUT2D eigenvalue weighted by atomic mass is 9.90. The number of primary amides is 2. The Kier molecular flexibility index (Phi) is 12.5. The van der Waals surface area contributed by atoms with Gasteiger partial charge in [0.2, 0.25) is 11.8 Å². The normalized spacial score (nSPS) is 12.7. The number of nitrogens with one attached hydrogen (secondary N) is 4. The number of Topliss-reactive ketones (excluding diaryl/α,β-unsaturated/α-hetero) is 2. The van der Waals surface area contributed by atoms with Crippen molar-refractivity contribution in [2.24, 2.45) is 23.3 Å². The van der Waals surface area contributed by atoms with E-state index in [0.717, 1.165) is 48.2 Å². The van der Waals surface area contributed by atoms with Crippen molar-refractivity contribution < 1.29 is 19.2 Å². The predicted octanol–water partition coefficient (Wildman–Crippen LogP) is 4.52. The van der Waals surface area contributed by atoms with Crippen LogP contribution in [0, 0.1) is 11.8 Å². The first-order valence-electron chi connectivity index (χ1n) is 16.4. The Morgan fingerprint density at radius 1 is 0.625 bits per heavy atom. The summed E-state index contributed by atoms with van der Waals surface area (Å²) in [6.07, 6.45) is 9.97. The molecule has 0 saturated heterocycles. The van der Waals surface area contributed by atoms with Gasteiger partial charge in [0.15, 0.2) is 11.6 Å². The molecule has 254 valence electrons. The molecule has 12 nitrogen and oxygen atoms in total. The number of carbonyl (C=O) groups excluding carboxylic acids is 4. The van der Waals surface area contributed by atoms with E-state index in [1.165, 1.54) is 0 Å². The van der Waals surface area contributed by atoms with E-state index < -0.39 is 23.9 Å². The number of imidazole rings is 2. The summed E-state index contributed by atoms with van der Waals surface area (Å²) < 4.78 is 0. The Labute approximate surface area is 280 Å². The maximum atomic E-state index is 13.7. The third kappa shape index (κ3) is 8.90. The van der Waals surface area contributed by atoms with Gasteiger partial charge in [-0.25, -0.2) is 9.97 Å². The molecule has 4 rings (SSSR count). The zero-order valence-corrected chi connectivity index (χ0v) is 28.0. The number of hydrogen-bond donors (Lipinski definition) is 6. The molecule has 0 spiro atoms. The minimum Gasteiger partial charge on any atom is -0.366 e. The average molecular weight is 655 g/mol. The van der Waals surface area contributed by atoms with Crippen LogP contribution in [-0.4, -0.2) is 68.5 Å². The number of rotatable bonds is 19. The summed E-state index contributed by atoms with van der Waals surface area (Å²) in [5.74, 6) is -1.68. The number of nitrogens with zero attached hydrogens (tertiary/aromatic N) is 2. The third-order valence-electron chi connectivity index (χ3n) is 8.45. The van der Waals surface area contributed by atoms with Gasteiger partial charge >= 0.3 is 0 Å². The molecule has 2 unspecified atom stereocenters. The molecule has 4 aromatic rings. The fraction of sp³-hybridized carbons (Fsp3) is 0.389. The van der Waals surface area contributed by atoms with Crippen LogP contribution in [0.5, 0.6) is 0 Å². The second-order valence-corrected chi connectivity index (χ2v) is 12.7. The van der Waals surface area contributed by atoms with E-state index in [1.807, 2.05) is 27.7 Å². The Hall–Kier alpha value is -4.94. The third-order valence-corrected chi connectivity index (χ3v) is 8.45. The molecular weight excluding hydrogens is 608 g/mol. The number of hydrogen-bond acceptors (Lipinski definition) is 8. The van der Waals surface area contributed by atoms with Gasteiger partial charge in [-0.05, 0) is 62.0 Å². The summed E-state index contributed by atoms with van der Waals surface area (Å²) in [4.78, 5) is 65.9. The second kappa shape index (κ2) is 16.8. The van der Waals surface area contributed by atoms with E-state index in [2.05, 4.69) is 30.6 Å². The summed E-state index contributed by atoms with van der Waals surface area (Å²) in [6, 6.07) is 9.07. The molecule has 0 saturated carbocycles. The van der Waals surface area contributed by atoms with Gasteiger partial charge in [-0.1, -0.05) is 52.7 Å². The number of unbranched alkanes of at least 4 members (excludes halogenated alkanes) is 3. The van der Waals surface area contributed by atoms with Crippen molar-refractivity contribution in [1.82, 2.24) is 30.6 Å². The van der Waals surface area contributed by atoms with Crippen LogP contribution in [0.2, 0.25) is 0 Å². The molecule has 2 atom stereocenters. The van der Waals surface area contributed by atoms with Gasteiger partial charge < -0.3 is 32.1 Å². The highest BCUT2D eigenvalue weighted by molar-refractivity contribution is 6.11. The lowest BCUT2D eigenvalue weighted by Crippen LogP contribution is -2.42. The van der Waals surface area contributed by atoms with Gasteiger partial charge in [0.1, 0.15) is 0 Å². The van der Waals surface area contributed by atoms with Crippen LogP contribution in [0.25, 0.3) is 22.5 Å². The molecule has 12 heteroatoms.